The summed E-state index contributed by atoms with van der Waals surface area (Å²) >= 11 is 0. The Kier molecular flexibility index (Phi) is 3.94. The first-order valence-corrected chi connectivity index (χ1v) is 6.53. The molecule has 1 aromatic rings. The number of rotatable bonds is 4. The number of nitrogen functional groups attached to an aromatic ring is 1. The van der Waals surface area contributed by atoms with E-state index in [1.54, 1.807) is 0 Å². The summed E-state index contributed by atoms with van der Waals surface area (Å²) in [5, 5.41) is 0. The lowest BCUT2D eigenvalue weighted by molar-refractivity contribution is 0.195. The molecule has 1 aromatic heterocycles. The van der Waals surface area contributed by atoms with Crippen LogP contribution in [0.1, 0.15) is 44.1 Å². The summed E-state index contributed by atoms with van der Waals surface area (Å²) < 4.78 is 0. The maximum absolute atomic E-state index is 5.76. The van der Waals surface area contributed by atoms with Gasteiger partial charge in [0.1, 0.15) is 11.6 Å². The number of hydrogen-bond acceptors (Lipinski definition) is 4. The van der Waals surface area contributed by atoms with Crippen LogP contribution in [-0.2, 0) is 6.54 Å². The standard InChI is InChI=1S/C13H22N4/c1-3-17(11-6-4-5-7-11)9-13-15-10(2)8-12(14)16-13/h8,11H,3-7,9H2,1-2H3,(H2,14,15,16). The quantitative estimate of drug-likeness (QED) is 0.867. The molecule has 2 N–H and O–H groups in total. The smallest absolute Gasteiger partial charge is 0.144 e. The third-order valence-electron chi connectivity index (χ3n) is 3.51. The number of nitrogens with two attached hydrogens (primary N) is 1. The number of hydrogen-bond donors (Lipinski definition) is 1. The second-order valence-electron chi connectivity index (χ2n) is 4.85. The summed E-state index contributed by atoms with van der Waals surface area (Å²) in [5.74, 6) is 1.44. The van der Waals surface area contributed by atoms with Gasteiger partial charge in [0.05, 0.1) is 6.54 Å². The van der Waals surface area contributed by atoms with Crippen molar-refractivity contribution in [2.75, 3.05) is 12.3 Å². The van der Waals surface area contributed by atoms with E-state index in [2.05, 4.69) is 21.8 Å². The fourth-order valence-corrected chi connectivity index (χ4v) is 2.68. The maximum atomic E-state index is 5.76. The van der Waals surface area contributed by atoms with E-state index < -0.39 is 0 Å². The monoisotopic (exact) mass is 234 g/mol. The first-order chi connectivity index (χ1) is 8.19. The van der Waals surface area contributed by atoms with E-state index in [4.69, 9.17) is 5.73 Å². The average Bonchev–Trinajstić information content (AvgIpc) is 2.77. The fourth-order valence-electron chi connectivity index (χ4n) is 2.68. The minimum Gasteiger partial charge on any atom is -0.384 e. The lowest BCUT2D eigenvalue weighted by atomic mass is 10.2. The summed E-state index contributed by atoms with van der Waals surface area (Å²) in [5.41, 5.74) is 6.71. The zero-order valence-corrected chi connectivity index (χ0v) is 10.8. The number of anilines is 1. The van der Waals surface area contributed by atoms with E-state index in [1.807, 2.05) is 13.0 Å². The van der Waals surface area contributed by atoms with Crippen molar-refractivity contribution in [1.82, 2.24) is 14.9 Å². The minimum absolute atomic E-state index is 0.579. The van der Waals surface area contributed by atoms with Crippen LogP contribution in [0.15, 0.2) is 6.07 Å². The summed E-state index contributed by atoms with van der Waals surface area (Å²) in [6.45, 7) is 6.06. The van der Waals surface area contributed by atoms with Crippen LogP contribution in [0.25, 0.3) is 0 Å². The fraction of sp³-hybridized carbons (Fsp3) is 0.692. The highest BCUT2D eigenvalue weighted by molar-refractivity contribution is 5.29. The molecule has 0 unspecified atom stereocenters. The predicted octanol–water partition coefficient (Wildman–Crippen LogP) is 2.13. The lowest BCUT2D eigenvalue weighted by Crippen LogP contribution is -2.33. The summed E-state index contributed by atoms with van der Waals surface area (Å²) in [7, 11) is 0. The largest absolute Gasteiger partial charge is 0.384 e. The molecule has 0 radical (unpaired) electrons. The Bertz CT molecular complexity index is 351. The first kappa shape index (κ1) is 12.3. The molecule has 0 atom stereocenters. The molecule has 0 spiro atoms. The van der Waals surface area contributed by atoms with Gasteiger partial charge < -0.3 is 5.73 Å². The highest BCUT2D eigenvalue weighted by Crippen LogP contribution is 2.24. The van der Waals surface area contributed by atoms with Crippen molar-refractivity contribution < 1.29 is 0 Å². The summed E-state index contributed by atoms with van der Waals surface area (Å²) in [6, 6.07) is 2.53. The Balaban J connectivity index is 2.06. The minimum atomic E-state index is 0.579. The van der Waals surface area contributed by atoms with Crippen molar-refractivity contribution in [3.05, 3.63) is 17.6 Å². The molecule has 1 heterocycles. The normalized spacial score (nSPS) is 16.9. The van der Waals surface area contributed by atoms with Crippen molar-refractivity contribution >= 4 is 5.82 Å². The van der Waals surface area contributed by atoms with Gasteiger partial charge in [-0.25, -0.2) is 9.97 Å². The Labute approximate surface area is 103 Å². The molecule has 1 fully saturated rings. The third kappa shape index (κ3) is 3.16. The highest BCUT2D eigenvalue weighted by atomic mass is 15.2. The molecule has 2 rings (SSSR count). The van der Waals surface area contributed by atoms with E-state index in [1.165, 1.54) is 25.7 Å². The molecule has 0 aromatic carbocycles. The van der Waals surface area contributed by atoms with Crippen LogP contribution >= 0.6 is 0 Å². The van der Waals surface area contributed by atoms with Crippen molar-refractivity contribution in [3.63, 3.8) is 0 Å². The van der Waals surface area contributed by atoms with Crippen LogP contribution in [0.2, 0.25) is 0 Å². The van der Waals surface area contributed by atoms with Crippen LogP contribution in [0.5, 0.6) is 0 Å². The Morgan fingerprint density at radius 2 is 2.06 bits per heavy atom. The first-order valence-electron chi connectivity index (χ1n) is 6.53. The highest BCUT2D eigenvalue weighted by Gasteiger charge is 2.22. The number of nitrogens with zero attached hydrogens (tertiary/aromatic N) is 3. The number of aryl methyl sites for hydroxylation is 1. The van der Waals surface area contributed by atoms with Gasteiger partial charge in [-0.15, -0.1) is 0 Å². The molecule has 94 valence electrons. The van der Waals surface area contributed by atoms with Gasteiger partial charge in [0.2, 0.25) is 0 Å². The summed E-state index contributed by atoms with van der Waals surface area (Å²) in [4.78, 5) is 11.3. The summed E-state index contributed by atoms with van der Waals surface area (Å²) in [6.07, 6.45) is 5.35. The molecule has 1 saturated carbocycles. The van der Waals surface area contributed by atoms with Crippen molar-refractivity contribution in [2.45, 2.75) is 52.1 Å². The van der Waals surface area contributed by atoms with Gasteiger partial charge in [0, 0.05) is 17.8 Å². The van der Waals surface area contributed by atoms with Gasteiger partial charge in [0.25, 0.3) is 0 Å². The van der Waals surface area contributed by atoms with Crippen LogP contribution in [-0.4, -0.2) is 27.5 Å². The van der Waals surface area contributed by atoms with E-state index in [0.29, 0.717) is 11.9 Å². The molecule has 1 aliphatic carbocycles. The molecule has 0 amide bonds. The Hall–Kier alpha value is -1.16. The van der Waals surface area contributed by atoms with Gasteiger partial charge in [-0.3, -0.25) is 4.90 Å². The van der Waals surface area contributed by atoms with Crippen molar-refractivity contribution in [3.8, 4) is 0 Å². The predicted molar refractivity (Wildman–Crippen MR) is 69.5 cm³/mol. The molecular weight excluding hydrogens is 212 g/mol. The van der Waals surface area contributed by atoms with E-state index >= 15 is 0 Å². The van der Waals surface area contributed by atoms with Gasteiger partial charge in [-0.05, 0) is 26.3 Å². The van der Waals surface area contributed by atoms with Crippen LogP contribution < -0.4 is 5.73 Å². The average molecular weight is 234 g/mol. The van der Waals surface area contributed by atoms with Gasteiger partial charge >= 0.3 is 0 Å². The van der Waals surface area contributed by atoms with Gasteiger partial charge in [-0.2, -0.15) is 0 Å². The number of aromatic nitrogens is 2. The molecule has 4 heteroatoms. The SMILES string of the molecule is CCN(Cc1nc(C)cc(N)n1)C1CCCC1. The maximum Gasteiger partial charge on any atom is 0.144 e. The Morgan fingerprint density at radius 1 is 1.35 bits per heavy atom. The Morgan fingerprint density at radius 3 is 2.65 bits per heavy atom. The van der Waals surface area contributed by atoms with Gasteiger partial charge in [-0.1, -0.05) is 19.8 Å². The second-order valence-corrected chi connectivity index (χ2v) is 4.85. The van der Waals surface area contributed by atoms with Crippen LogP contribution in [0.4, 0.5) is 5.82 Å². The molecule has 0 aliphatic heterocycles. The molecule has 0 saturated heterocycles. The van der Waals surface area contributed by atoms with Crippen LogP contribution in [0.3, 0.4) is 0 Å². The van der Waals surface area contributed by atoms with E-state index in [0.717, 1.165) is 24.6 Å². The zero-order chi connectivity index (χ0) is 12.3. The van der Waals surface area contributed by atoms with E-state index in [9.17, 15) is 0 Å². The van der Waals surface area contributed by atoms with Gasteiger partial charge in [0.15, 0.2) is 0 Å². The van der Waals surface area contributed by atoms with Crippen molar-refractivity contribution in [1.29, 1.82) is 0 Å². The second kappa shape index (κ2) is 5.45. The molecule has 17 heavy (non-hydrogen) atoms. The van der Waals surface area contributed by atoms with Crippen molar-refractivity contribution in [2.24, 2.45) is 0 Å². The molecule has 1 aliphatic rings. The molecule has 4 nitrogen and oxygen atoms in total. The zero-order valence-electron chi connectivity index (χ0n) is 10.8. The third-order valence-corrected chi connectivity index (χ3v) is 3.51. The topological polar surface area (TPSA) is 55.0 Å². The molecule has 0 bridgehead atoms. The molecular formula is C13H22N4. The lowest BCUT2D eigenvalue weighted by Gasteiger charge is -2.26. The van der Waals surface area contributed by atoms with Crippen LogP contribution in [0, 0.1) is 6.92 Å². The van der Waals surface area contributed by atoms with E-state index in [-0.39, 0.29) is 0 Å².